The first-order valence-electron chi connectivity index (χ1n) is 31.2. The number of benzene rings is 15. The van der Waals surface area contributed by atoms with Gasteiger partial charge >= 0.3 is 0 Å². The summed E-state index contributed by atoms with van der Waals surface area (Å²) in [5.41, 5.74) is 21.7. The highest BCUT2D eigenvalue weighted by Crippen LogP contribution is 2.52. The first-order chi connectivity index (χ1) is 45.1. The van der Waals surface area contributed by atoms with Crippen molar-refractivity contribution in [3.05, 3.63) is 328 Å². The van der Waals surface area contributed by atoms with Crippen LogP contribution in [0.4, 0.5) is 34.1 Å². The Morgan fingerprint density at radius 3 is 0.890 bits per heavy atom. The van der Waals surface area contributed by atoms with Crippen molar-refractivity contribution >= 4 is 100 Å². The zero-order valence-corrected chi connectivity index (χ0v) is 49.5. The molecule has 0 saturated heterocycles. The second-order valence-corrected chi connectivity index (χ2v) is 23.8. The Morgan fingerprint density at radius 2 is 0.527 bits per heavy atom. The second-order valence-electron chi connectivity index (χ2n) is 23.8. The molecule has 0 N–H and O–H groups in total. The van der Waals surface area contributed by atoms with Crippen LogP contribution in [0.2, 0.25) is 0 Å². The van der Waals surface area contributed by atoms with Crippen molar-refractivity contribution in [2.75, 3.05) is 9.80 Å². The van der Waals surface area contributed by atoms with E-state index in [9.17, 15) is 0 Å². The van der Waals surface area contributed by atoms with Crippen LogP contribution >= 0.6 is 0 Å². The molecule has 18 rings (SSSR count). The van der Waals surface area contributed by atoms with E-state index in [2.05, 4.69) is 325 Å². The Morgan fingerprint density at radius 1 is 0.220 bits per heavy atom. The van der Waals surface area contributed by atoms with Crippen LogP contribution in [-0.2, 0) is 0 Å². The number of hydrogen-bond acceptors (Lipinski definition) is 5. The molecule has 0 aliphatic carbocycles. The van der Waals surface area contributed by atoms with Gasteiger partial charge in [-0.25, -0.2) is 15.0 Å². The van der Waals surface area contributed by atoms with Gasteiger partial charge in [-0.3, -0.25) is 0 Å². The van der Waals surface area contributed by atoms with Crippen LogP contribution in [0.15, 0.2) is 328 Å². The summed E-state index contributed by atoms with van der Waals surface area (Å²) in [6, 6.07) is 120. The zero-order chi connectivity index (χ0) is 59.9. The SMILES string of the molecule is c1ccc(-c2cc(-c3ccccc3)cc(N3c4cc(-c5nc(-c6ccccc6)nc(-c6ccccc6)n5)cc5c4B(c4ccc6c(ccc7ccccc76)c43)c3ccc4c(ccc6ccccc64)c3N5c3cc(-c4ccccc4)cc(-c4ccccc4)c3)c2)cc1. The Hall–Kier alpha value is -12.0. The molecule has 422 valence electrons. The molecule has 0 bridgehead atoms. The molecule has 5 nitrogen and oxygen atoms in total. The number of rotatable bonds is 9. The van der Waals surface area contributed by atoms with E-state index in [1.165, 1.54) is 48.7 Å². The standard InChI is InChI=1S/C85H54BN5/c1-7-23-55(24-8-1)63-47-64(56-25-9-2-10-26-56)50-68(49-63)90-78-53-67(85-88-83(61-33-15-5-16-34-61)87-84(89-85)62-35-17-6-18-36-62)54-79-80(78)86(76-45-43-72-70-37-21-19-31-59(70)39-41-74(72)81(76)90)77-46-44-73-71-38-22-20-32-60(71)40-42-75(73)82(77)91(79)69-51-65(57-27-11-3-12-28-57)48-66(52-69)58-29-13-4-14-30-58/h1-54H. The second kappa shape index (κ2) is 21.4. The minimum absolute atomic E-state index is 0.238. The largest absolute Gasteiger partial charge is 0.311 e. The summed E-state index contributed by atoms with van der Waals surface area (Å²) in [6.45, 7) is -0.238. The molecule has 3 heterocycles. The summed E-state index contributed by atoms with van der Waals surface area (Å²) >= 11 is 0. The van der Waals surface area contributed by atoms with Crippen LogP contribution < -0.4 is 26.2 Å². The highest BCUT2D eigenvalue weighted by Gasteiger charge is 2.45. The maximum Gasteiger partial charge on any atom is 0.252 e. The van der Waals surface area contributed by atoms with Gasteiger partial charge in [0.2, 0.25) is 0 Å². The molecule has 1 aromatic heterocycles. The van der Waals surface area contributed by atoms with Crippen LogP contribution in [0.3, 0.4) is 0 Å². The molecule has 91 heavy (non-hydrogen) atoms. The van der Waals surface area contributed by atoms with E-state index >= 15 is 0 Å². The van der Waals surface area contributed by atoms with E-state index in [4.69, 9.17) is 15.0 Å². The minimum atomic E-state index is -0.238. The van der Waals surface area contributed by atoms with Crippen LogP contribution in [0, 0.1) is 0 Å². The first kappa shape index (κ1) is 52.2. The molecule has 0 unspecified atom stereocenters. The van der Waals surface area contributed by atoms with Crippen molar-refractivity contribution in [3.8, 4) is 78.7 Å². The number of anilines is 6. The summed E-state index contributed by atoms with van der Waals surface area (Å²) in [5, 5.41) is 9.52. The van der Waals surface area contributed by atoms with E-state index < -0.39 is 0 Å². The minimum Gasteiger partial charge on any atom is -0.311 e. The number of fused-ring (bicyclic) bond motifs is 12. The molecule has 0 amide bonds. The van der Waals surface area contributed by atoms with Gasteiger partial charge in [-0.1, -0.05) is 279 Å². The maximum absolute atomic E-state index is 5.57. The molecule has 0 spiro atoms. The molecule has 6 heteroatoms. The van der Waals surface area contributed by atoms with Gasteiger partial charge in [0.15, 0.2) is 17.5 Å². The van der Waals surface area contributed by atoms with Crippen LogP contribution in [0.1, 0.15) is 0 Å². The third-order valence-electron chi connectivity index (χ3n) is 18.6. The fourth-order valence-electron chi connectivity index (χ4n) is 14.4. The topological polar surface area (TPSA) is 45.2 Å². The van der Waals surface area contributed by atoms with E-state index in [-0.39, 0.29) is 6.71 Å². The van der Waals surface area contributed by atoms with E-state index in [1.807, 2.05) is 12.1 Å². The molecule has 0 radical (unpaired) electrons. The van der Waals surface area contributed by atoms with Gasteiger partial charge in [0.05, 0.1) is 0 Å². The Bertz CT molecular complexity index is 5080. The third kappa shape index (κ3) is 8.82. The maximum atomic E-state index is 5.57. The Balaban J connectivity index is 1.03. The predicted octanol–water partition coefficient (Wildman–Crippen LogP) is 20.2. The molecule has 0 saturated carbocycles. The van der Waals surface area contributed by atoms with E-state index in [0.717, 1.165) is 106 Å². The van der Waals surface area contributed by atoms with Crippen molar-refractivity contribution in [2.24, 2.45) is 0 Å². The van der Waals surface area contributed by atoms with Gasteiger partial charge < -0.3 is 9.80 Å². The Kier molecular flexibility index (Phi) is 12.3. The summed E-state index contributed by atoms with van der Waals surface area (Å²) < 4.78 is 0. The fourth-order valence-corrected chi connectivity index (χ4v) is 14.4. The van der Waals surface area contributed by atoms with E-state index in [0.29, 0.717) is 17.5 Å². The monoisotopic (exact) mass is 1160 g/mol. The lowest BCUT2D eigenvalue weighted by Gasteiger charge is -2.45. The number of aromatic nitrogens is 3. The molecule has 2 aliphatic rings. The quantitative estimate of drug-likeness (QED) is 0.106. The van der Waals surface area contributed by atoms with Crippen LogP contribution in [0.5, 0.6) is 0 Å². The van der Waals surface area contributed by atoms with Gasteiger partial charge in [0.1, 0.15) is 0 Å². The smallest absolute Gasteiger partial charge is 0.252 e. The lowest BCUT2D eigenvalue weighted by Crippen LogP contribution is -2.61. The highest BCUT2D eigenvalue weighted by atomic mass is 15.2. The van der Waals surface area contributed by atoms with Crippen molar-refractivity contribution in [2.45, 2.75) is 0 Å². The van der Waals surface area contributed by atoms with Gasteiger partial charge in [0.25, 0.3) is 6.71 Å². The van der Waals surface area contributed by atoms with Gasteiger partial charge in [-0.05, 0) is 142 Å². The highest BCUT2D eigenvalue weighted by molar-refractivity contribution is 7.01. The molecule has 15 aromatic carbocycles. The van der Waals surface area contributed by atoms with Gasteiger partial charge in [-0.15, -0.1) is 0 Å². The van der Waals surface area contributed by atoms with Gasteiger partial charge in [0, 0.05) is 61.6 Å². The average Bonchev–Trinajstić information content (AvgIpc) is 0.692. The summed E-state index contributed by atoms with van der Waals surface area (Å²) in [6.07, 6.45) is 0. The van der Waals surface area contributed by atoms with Crippen molar-refractivity contribution in [1.82, 2.24) is 15.0 Å². The zero-order valence-electron chi connectivity index (χ0n) is 49.5. The lowest BCUT2D eigenvalue weighted by atomic mass is 9.33. The molecule has 0 fully saturated rings. The summed E-state index contributed by atoms with van der Waals surface area (Å²) in [5.74, 6) is 1.76. The number of hydrogen-bond donors (Lipinski definition) is 0. The predicted molar refractivity (Wildman–Crippen MR) is 382 cm³/mol. The molecule has 16 aromatic rings. The van der Waals surface area contributed by atoms with Crippen molar-refractivity contribution in [3.63, 3.8) is 0 Å². The lowest BCUT2D eigenvalue weighted by molar-refractivity contribution is 1.07. The van der Waals surface area contributed by atoms with Crippen molar-refractivity contribution < 1.29 is 0 Å². The van der Waals surface area contributed by atoms with Crippen LogP contribution in [0.25, 0.3) is 122 Å². The average molecular weight is 1160 g/mol. The van der Waals surface area contributed by atoms with E-state index in [1.54, 1.807) is 0 Å². The molecule has 2 aliphatic heterocycles. The molecule has 0 atom stereocenters. The Labute approximate surface area is 528 Å². The van der Waals surface area contributed by atoms with Crippen molar-refractivity contribution in [1.29, 1.82) is 0 Å². The molecular weight excluding hydrogens is 1100 g/mol. The fraction of sp³-hybridized carbons (Fsp3) is 0. The van der Waals surface area contributed by atoms with Gasteiger partial charge in [-0.2, -0.15) is 0 Å². The number of nitrogens with zero attached hydrogens (tertiary/aromatic N) is 5. The normalized spacial score (nSPS) is 12.3. The van der Waals surface area contributed by atoms with Crippen LogP contribution in [-0.4, -0.2) is 21.7 Å². The first-order valence-corrected chi connectivity index (χ1v) is 31.2. The summed E-state index contributed by atoms with van der Waals surface area (Å²) in [7, 11) is 0. The third-order valence-corrected chi connectivity index (χ3v) is 18.6. The molecular formula is C85H54BN5. The summed E-state index contributed by atoms with van der Waals surface area (Å²) in [4.78, 5) is 21.6.